The topological polar surface area (TPSA) is 263 Å². The van der Waals surface area contributed by atoms with E-state index in [1.54, 1.807) is 34.6 Å². The summed E-state index contributed by atoms with van der Waals surface area (Å²) in [6, 6.07) is 0. The molecule has 6 unspecified atom stereocenters. The number of hydrogen-bond acceptors (Lipinski definition) is 21. The quantitative estimate of drug-likeness (QED) is 0.0818. The van der Waals surface area contributed by atoms with Crippen LogP contribution in [0.15, 0.2) is 0 Å². The van der Waals surface area contributed by atoms with Crippen molar-refractivity contribution < 1.29 is 95.5 Å². The molecule has 0 aromatic rings. The van der Waals surface area contributed by atoms with Gasteiger partial charge in [0.05, 0.1) is 124 Å². The zero-order chi connectivity index (χ0) is 46.5. The Hall–Kier alpha value is -3.99. The van der Waals surface area contributed by atoms with Gasteiger partial charge in [-0.3, -0.25) is 38.9 Å². The second-order valence-electron chi connectivity index (χ2n) is 17.2. The molecule has 3 rings (SSSR count). The van der Waals surface area contributed by atoms with Crippen molar-refractivity contribution in [1.82, 2.24) is 5.32 Å². The lowest BCUT2D eigenvalue weighted by molar-refractivity contribution is -0.339. The van der Waals surface area contributed by atoms with E-state index in [4.69, 9.17) is 52.1 Å². The number of hydrogen-bond donors (Lipinski definition) is 2. The first-order valence-corrected chi connectivity index (χ1v) is 20.4. The van der Waals surface area contributed by atoms with Crippen LogP contribution >= 0.6 is 0 Å². The zero-order valence-electron chi connectivity index (χ0n) is 37.4. The first kappa shape index (κ1) is 52.4. The van der Waals surface area contributed by atoms with Gasteiger partial charge in [0.15, 0.2) is 18.9 Å². The van der Waals surface area contributed by atoms with Crippen LogP contribution in [0.5, 0.6) is 0 Å². The normalized spacial score (nSPS) is 25.8. The highest BCUT2D eigenvalue weighted by molar-refractivity contribution is 5.86. The number of aliphatic hydroxyl groups excluding tert-OH is 1. The lowest BCUT2D eigenvalue weighted by Crippen LogP contribution is -2.68. The Morgan fingerprint density at radius 2 is 1.18 bits per heavy atom. The average Bonchev–Trinajstić information content (AvgIpc) is 3.24. The van der Waals surface area contributed by atoms with E-state index in [2.05, 4.69) is 10.1 Å². The Bertz CT molecular complexity index is 1550. The van der Waals surface area contributed by atoms with Gasteiger partial charge in [-0.1, -0.05) is 27.7 Å². The van der Waals surface area contributed by atoms with Crippen LogP contribution in [0.2, 0.25) is 0 Å². The third-order valence-corrected chi connectivity index (χ3v) is 11.6. The van der Waals surface area contributed by atoms with Crippen molar-refractivity contribution in [3.05, 3.63) is 0 Å². The standard InChI is InChI=1S/C41H65NO20/c1-11-56-35(50)26-12-13-41(26,27(34(49)55-10)16-29(44)52-7)42-17-31(46)58-19-39(4,5)37-61-22-40(23-62-37)20-59-36(60-21-40)38(2,3)18-57-30(45)15-25(33(48)54-9)24(32(47)53-8)14-28(43)51-6/h24-27,30,36-37,42,45H,11-23H2,1-10H3. The molecule has 0 amide bonds. The maximum Gasteiger partial charge on any atom is 0.319 e. The number of rotatable bonds is 23. The largest absolute Gasteiger partial charge is 0.469 e. The Labute approximate surface area is 361 Å². The van der Waals surface area contributed by atoms with E-state index in [9.17, 15) is 38.7 Å². The monoisotopic (exact) mass is 891 g/mol. The number of carbonyl (C=O) groups is 7. The van der Waals surface area contributed by atoms with Crippen LogP contribution in [-0.4, -0.2) is 160 Å². The maximum absolute atomic E-state index is 13.1. The van der Waals surface area contributed by atoms with E-state index < -0.39 is 119 Å². The molecule has 6 atom stereocenters. The predicted molar refractivity (Wildman–Crippen MR) is 209 cm³/mol. The summed E-state index contributed by atoms with van der Waals surface area (Å²) in [5.41, 5.74) is -3.64. The van der Waals surface area contributed by atoms with Gasteiger partial charge in [0.2, 0.25) is 0 Å². The van der Waals surface area contributed by atoms with Crippen molar-refractivity contribution >= 4 is 41.8 Å². The summed E-state index contributed by atoms with van der Waals surface area (Å²) in [6.45, 7) is 9.08. The molecule has 0 bridgehead atoms. The Kier molecular flexibility index (Phi) is 19.5. The van der Waals surface area contributed by atoms with Crippen molar-refractivity contribution in [2.75, 3.05) is 88.3 Å². The molecule has 354 valence electrons. The summed E-state index contributed by atoms with van der Waals surface area (Å²) in [6.07, 6.45) is -3.73. The number of aliphatic hydroxyl groups is 1. The summed E-state index contributed by atoms with van der Waals surface area (Å²) in [5.74, 6) is -9.70. The highest BCUT2D eigenvalue weighted by Gasteiger charge is 2.59. The molecular weight excluding hydrogens is 826 g/mol. The molecule has 1 saturated carbocycles. The SMILES string of the molecule is CCOC(=O)C1CCC1(NCC(=O)OCC(C)(C)C1OCC2(CO1)COC(C(C)(C)COC(O)CC(C(=O)OC)C(CC(=O)OC)C(=O)OC)OC2)C(CC(=O)OC)C(=O)OC. The van der Waals surface area contributed by atoms with Gasteiger partial charge in [0, 0.05) is 22.8 Å². The van der Waals surface area contributed by atoms with Gasteiger partial charge in [-0.2, -0.15) is 0 Å². The van der Waals surface area contributed by atoms with Crippen molar-refractivity contribution in [3.63, 3.8) is 0 Å². The molecule has 2 aliphatic heterocycles. The Balaban J connectivity index is 1.53. The predicted octanol–water partition coefficient (Wildman–Crippen LogP) is 0.835. The highest BCUT2D eigenvalue weighted by atomic mass is 16.7. The molecule has 0 aromatic carbocycles. The lowest BCUT2D eigenvalue weighted by atomic mass is 9.59. The molecule has 3 fully saturated rings. The molecule has 2 saturated heterocycles. The second kappa shape index (κ2) is 23.1. The minimum absolute atomic E-state index is 0.0938. The fourth-order valence-electron chi connectivity index (χ4n) is 7.72. The van der Waals surface area contributed by atoms with E-state index >= 15 is 0 Å². The van der Waals surface area contributed by atoms with E-state index in [0.29, 0.717) is 6.42 Å². The summed E-state index contributed by atoms with van der Waals surface area (Å²) in [5, 5.41) is 13.8. The molecule has 21 heteroatoms. The van der Waals surface area contributed by atoms with Crippen LogP contribution in [0.25, 0.3) is 0 Å². The number of methoxy groups -OCH3 is 5. The van der Waals surface area contributed by atoms with Crippen LogP contribution in [0, 0.1) is 39.9 Å². The zero-order valence-corrected chi connectivity index (χ0v) is 37.4. The van der Waals surface area contributed by atoms with Crippen LogP contribution in [0.1, 0.15) is 66.7 Å². The molecule has 2 N–H and O–H groups in total. The highest BCUT2D eigenvalue weighted by Crippen LogP contribution is 2.47. The van der Waals surface area contributed by atoms with Crippen LogP contribution in [0.3, 0.4) is 0 Å². The number of nitrogens with one attached hydrogen (secondary N) is 1. The van der Waals surface area contributed by atoms with Gasteiger partial charge in [-0.05, 0) is 19.8 Å². The molecule has 3 aliphatic rings. The summed E-state index contributed by atoms with van der Waals surface area (Å²) in [4.78, 5) is 88.4. The number of ether oxygens (including phenoxy) is 12. The van der Waals surface area contributed by atoms with Crippen LogP contribution in [-0.2, 0) is 90.4 Å². The van der Waals surface area contributed by atoms with Crippen molar-refractivity contribution in [2.45, 2.75) is 91.1 Å². The van der Waals surface area contributed by atoms with Gasteiger partial charge < -0.3 is 61.9 Å². The van der Waals surface area contributed by atoms with E-state index in [1.807, 2.05) is 0 Å². The maximum atomic E-state index is 13.1. The minimum Gasteiger partial charge on any atom is -0.469 e. The first-order valence-electron chi connectivity index (χ1n) is 20.4. The van der Waals surface area contributed by atoms with Crippen LogP contribution < -0.4 is 5.32 Å². The van der Waals surface area contributed by atoms with E-state index in [0.717, 1.165) is 21.3 Å². The molecule has 2 heterocycles. The fraction of sp³-hybridized carbons (Fsp3) is 0.829. The summed E-state index contributed by atoms with van der Waals surface area (Å²) >= 11 is 0. The molecule has 0 radical (unpaired) electrons. The summed E-state index contributed by atoms with van der Waals surface area (Å²) < 4.78 is 65.1. The second-order valence-corrected chi connectivity index (χ2v) is 17.2. The lowest BCUT2D eigenvalue weighted by Gasteiger charge is -2.51. The first-order chi connectivity index (χ1) is 29.2. The van der Waals surface area contributed by atoms with Crippen molar-refractivity contribution in [2.24, 2.45) is 39.9 Å². The molecule has 0 aromatic heterocycles. The Morgan fingerprint density at radius 1 is 0.677 bits per heavy atom. The molecular formula is C41H65NO20. The van der Waals surface area contributed by atoms with Gasteiger partial charge >= 0.3 is 41.8 Å². The third kappa shape index (κ3) is 13.3. The van der Waals surface area contributed by atoms with Gasteiger partial charge in [-0.15, -0.1) is 0 Å². The van der Waals surface area contributed by atoms with Crippen molar-refractivity contribution in [1.29, 1.82) is 0 Å². The van der Waals surface area contributed by atoms with Gasteiger partial charge in [0.1, 0.15) is 6.61 Å². The van der Waals surface area contributed by atoms with E-state index in [1.165, 1.54) is 14.2 Å². The smallest absolute Gasteiger partial charge is 0.319 e. The van der Waals surface area contributed by atoms with E-state index in [-0.39, 0.29) is 65.5 Å². The average molecular weight is 892 g/mol. The number of carbonyl (C=O) groups excluding carboxylic acids is 7. The fourth-order valence-corrected chi connectivity index (χ4v) is 7.72. The molecule has 1 spiro atoms. The molecule has 1 aliphatic carbocycles. The molecule has 21 nitrogen and oxygen atoms in total. The summed E-state index contributed by atoms with van der Waals surface area (Å²) in [7, 11) is 5.71. The molecule has 62 heavy (non-hydrogen) atoms. The third-order valence-electron chi connectivity index (χ3n) is 11.6. The minimum atomic E-state index is -1.55. The van der Waals surface area contributed by atoms with Crippen molar-refractivity contribution in [3.8, 4) is 0 Å². The number of esters is 7. The van der Waals surface area contributed by atoms with Gasteiger partial charge in [0.25, 0.3) is 0 Å². The Morgan fingerprint density at radius 3 is 1.65 bits per heavy atom. The van der Waals surface area contributed by atoms with Gasteiger partial charge in [-0.25, -0.2) is 0 Å². The van der Waals surface area contributed by atoms with Crippen LogP contribution in [0.4, 0.5) is 0 Å².